The summed E-state index contributed by atoms with van der Waals surface area (Å²) in [4.78, 5) is 20.9. The van der Waals surface area contributed by atoms with Gasteiger partial charge in [0.25, 0.3) is 5.91 Å². The predicted molar refractivity (Wildman–Crippen MR) is 135 cm³/mol. The van der Waals surface area contributed by atoms with Gasteiger partial charge in [-0.05, 0) is 83.2 Å². The smallest absolute Gasteiger partial charge is 0.259 e. The minimum Gasteiger partial charge on any atom is -0.361 e. The van der Waals surface area contributed by atoms with E-state index >= 15 is 0 Å². The van der Waals surface area contributed by atoms with Crippen molar-refractivity contribution in [1.29, 1.82) is 0 Å². The number of carbonyl (C=O) groups is 1. The maximum atomic E-state index is 12.9. The van der Waals surface area contributed by atoms with E-state index in [2.05, 4.69) is 49.7 Å². The average Bonchev–Trinajstić information content (AvgIpc) is 3.16. The molecule has 3 N–H and O–H groups in total. The van der Waals surface area contributed by atoms with Gasteiger partial charge in [0.05, 0.1) is 5.56 Å². The van der Waals surface area contributed by atoms with E-state index in [0.29, 0.717) is 18.1 Å². The second-order valence-corrected chi connectivity index (χ2v) is 8.63. The molecular formula is C26H25BrN4O. The van der Waals surface area contributed by atoms with Crippen molar-refractivity contribution >= 4 is 44.4 Å². The number of guanidine groups is 1. The Morgan fingerprint density at radius 3 is 2.50 bits per heavy atom. The van der Waals surface area contributed by atoms with E-state index in [9.17, 15) is 4.79 Å². The van der Waals surface area contributed by atoms with Crippen LogP contribution >= 0.6 is 15.9 Å². The van der Waals surface area contributed by atoms with Gasteiger partial charge in [0.2, 0.25) is 5.96 Å². The molecule has 1 amide bonds. The van der Waals surface area contributed by atoms with Crippen LogP contribution in [-0.4, -0.2) is 23.4 Å². The third kappa shape index (κ3) is 5.26. The lowest BCUT2D eigenvalue weighted by molar-refractivity contribution is 0.0976. The maximum absolute atomic E-state index is 12.9. The molecule has 6 heteroatoms. The minimum atomic E-state index is -0.222. The molecule has 0 aliphatic carbocycles. The average molecular weight is 489 g/mol. The molecule has 0 atom stereocenters. The molecule has 4 rings (SSSR count). The normalized spacial score (nSPS) is 11.5. The first-order valence-electron chi connectivity index (χ1n) is 10.5. The number of carbonyl (C=O) groups excluding carboxylic acids is 1. The number of anilines is 1. The summed E-state index contributed by atoms with van der Waals surface area (Å²) in [6, 6.07) is 21.7. The van der Waals surface area contributed by atoms with Gasteiger partial charge in [-0.1, -0.05) is 36.4 Å². The number of nitrogens with one attached hydrogen (secondary N) is 3. The van der Waals surface area contributed by atoms with E-state index in [-0.39, 0.29) is 5.91 Å². The van der Waals surface area contributed by atoms with Crippen molar-refractivity contribution in [3.8, 4) is 0 Å². The lowest BCUT2D eigenvalue weighted by Crippen LogP contribution is -2.36. The van der Waals surface area contributed by atoms with Crippen LogP contribution in [-0.2, 0) is 6.42 Å². The Kier molecular flexibility index (Phi) is 6.71. The van der Waals surface area contributed by atoms with Gasteiger partial charge in [-0.15, -0.1) is 0 Å². The molecule has 0 spiro atoms. The summed E-state index contributed by atoms with van der Waals surface area (Å²) in [6.45, 7) is 4.63. The molecule has 0 saturated carbocycles. The van der Waals surface area contributed by atoms with Crippen LogP contribution in [0.1, 0.15) is 27.0 Å². The molecule has 32 heavy (non-hydrogen) atoms. The third-order valence-electron chi connectivity index (χ3n) is 5.16. The standard InChI is InChI=1S/C26H25BrN4O/c1-17-13-18(2)15-20(14-17)30-26(31-25(32)22-8-3-5-9-23(22)27)28-12-11-19-16-29-24-10-6-4-7-21(19)24/h3-10,13-16,29H,11-12H2,1-2H3,(H2,28,30,31,32). The van der Waals surface area contributed by atoms with Crippen molar-refractivity contribution < 1.29 is 4.79 Å². The second-order valence-electron chi connectivity index (χ2n) is 7.78. The minimum absolute atomic E-state index is 0.222. The van der Waals surface area contributed by atoms with Crippen LogP contribution in [0.2, 0.25) is 0 Å². The van der Waals surface area contributed by atoms with Crippen LogP contribution in [0.5, 0.6) is 0 Å². The summed E-state index contributed by atoms with van der Waals surface area (Å²) < 4.78 is 0.738. The first kappa shape index (κ1) is 21.8. The zero-order valence-corrected chi connectivity index (χ0v) is 19.7. The highest BCUT2D eigenvalue weighted by atomic mass is 79.9. The fraction of sp³-hybridized carbons (Fsp3) is 0.154. The van der Waals surface area contributed by atoms with Gasteiger partial charge in [-0.3, -0.25) is 15.1 Å². The Labute approximate surface area is 196 Å². The van der Waals surface area contributed by atoms with Crippen LogP contribution in [0.15, 0.2) is 82.4 Å². The van der Waals surface area contributed by atoms with Gasteiger partial charge < -0.3 is 10.3 Å². The number of para-hydroxylation sites is 1. The molecule has 0 saturated heterocycles. The summed E-state index contributed by atoms with van der Waals surface area (Å²) >= 11 is 3.45. The quantitative estimate of drug-likeness (QED) is 0.238. The Morgan fingerprint density at radius 1 is 1.00 bits per heavy atom. The van der Waals surface area contributed by atoms with E-state index in [4.69, 9.17) is 4.99 Å². The molecule has 0 unspecified atom stereocenters. The van der Waals surface area contributed by atoms with Crippen molar-refractivity contribution in [2.24, 2.45) is 4.99 Å². The summed E-state index contributed by atoms with van der Waals surface area (Å²) in [6.07, 6.45) is 2.78. The molecular weight excluding hydrogens is 464 g/mol. The van der Waals surface area contributed by atoms with Crippen LogP contribution in [0.25, 0.3) is 10.9 Å². The highest BCUT2D eigenvalue weighted by Crippen LogP contribution is 2.19. The zero-order chi connectivity index (χ0) is 22.5. The van der Waals surface area contributed by atoms with Crippen LogP contribution in [0.3, 0.4) is 0 Å². The summed E-state index contributed by atoms with van der Waals surface area (Å²) in [5, 5.41) is 7.43. The second kappa shape index (κ2) is 9.83. The third-order valence-corrected chi connectivity index (χ3v) is 5.85. The highest BCUT2D eigenvalue weighted by Gasteiger charge is 2.13. The number of halogens is 1. The van der Waals surface area contributed by atoms with Gasteiger partial charge in [0.1, 0.15) is 0 Å². The van der Waals surface area contributed by atoms with Crippen molar-refractivity contribution in [2.75, 3.05) is 11.9 Å². The Morgan fingerprint density at radius 2 is 1.72 bits per heavy atom. The summed E-state index contributed by atoms with van der Waals surface area (Å²) in [5.74, 6) is 0.204. The summed E-state index contributed by atoms with van der Waals surface area (Å²) in [7, 11) is 0. The van der Waals surface area contributed by atoms with Crippen LogP contribution < -0.4 is 10.6 Å². The molecule has 0 aliphatic rings. The molecule has 0 radical (unpaired) electrons. The number of aryl methyl sites for hydroxylation is 2. The van der Waals surface area contributed by atoms with Gasteiger partial charge in [-0.2, -0.15) is 0 Å². The molecule has 0 fully saturated rings. The molecule has 162 valence electrons. The van der Waals surface area contributed by atoms with E-state index in [1.54, 1.807) is 6.07 Å². The Hall–Kier alpha value is -3.38. The number of aliphatic imine (C=N–C) groups is 1. The molecule has 4 aromatic rings. The van der Waals surface area contributed by atoms with Gasteiger partial charge in [-0.25, -0.2) is 0 Å². The SMILES string of the molecule is Cc1cc(C)cc(NC(=NCCc2c[nH]c3ccccc23)NC(=O)c2ccccc2Br)c1. The predicted octanol–water partition coefficient (Wildman–Crippen LogP) is 5.99. The van der Waals surface area contributed by atoms with Gasteiger partial charge in [0, 0.05) is 33.8 Å². The fourth-order valence-electron chi connectivity index (χ4n) is 3.74. The van der Waals surface area contributed by atoms with Crippen LogP contribution in [0, 0.1) is 13.8 Å². The molecule has 0 bridgehead atoms. The molecule has 1 heterocycles. The van der Waals surface area contributed by atoms with Crippen molar-refractivity contribution in [2.45, 2.75) is 20.3 Å². The van der Waals surface area contributed by atoms with Crippen molar-refractivity contribution in [3.05, 3.63) is 99.7 Å². The van der Waals surface area contributed by atoms with E-state index < -0.39 is 0 Å². The number of aromatic amines is 1. The number of benzene rings is 3. The van der Waals surface area contributed by atoms with Gasteiger partial charge >= 0.3 is 0 Å². The van der Waals surface area contributed by atoms with Gasteiger partial charge in [0.15, 0.2) is 0 Å². The van der Waals surface area contributed by atoms with Crippen LogP contribution in [0.4, 0.5) is 5.69 Å². The number of amides is 1. The molecule has 0 aliphatic heterocycles. The highest BCUT2D eigenvalue weighted by molar-refractivity contribution is 9.10. The van der Waals surface area contributed by atoms with Crippen molar-refractivity contribution in [3.63, 3.8) is 0 Å². The monoisotopic (exact) mass is 488 g/mol. The number of aromatic nitrogens is 1. The van der Waals surface area contributed by atoms with E-state index in [1.807, 2.05) is 62.5 Å². The number of fused-ring (bicyclic) bond motifs is 1. The molecule has 3 aromatic carbocycles. The summed E-state index contributed by atoms with van der Waals surface area (Å²) in [5.41, 5.74) is 6.04. The molecule has 5 nitrogen and oxygen atoms in total. The largest absolute Gasteiger partial charge is 0.361 e. The van der Waals surface area contributed by atoms with E-state index in [0.717, 1.165) is 33.2 Å². The first-order chi connectivity index (χ1) is 15.5. The number of nitrogens with zero attached hydrogens (tertiary/aromatic N) is 1. The zero-order valence-electron chi connectivity index (χ0n) is 18.1. The fourth-order valence-corrected chi connectivity index (χ4v) is 4.21. The number of hydrogen-bond donors (Lipinski definition) is 3. The Balaban J connectivity index is 1.55. The maximum Gasteiger partial charge on any atom is 0.259 e. The lowest BCUT2D eigenvalue weighted by Gasteiger charge is -2.13. The number of hydrogen-bond acceptors (Lipinski definition) is 2. The van der Waals surface area contributed by atoms with Crippen molar-refractivity contribution in [1.82, 2.24) is 10.3 Å². The van der Waals surface area contributed by atoms with E-state index in [1.165, 1.54) is 10.9 Å². The molecule has 1 aromatic heterocycles. The first-order valence-corrected chi connectivity index (χ1v) is 11.3. The number of H-pyrrole nitrogens is 1. The number of rotatable bonds is 5. The topological polar surface area (TPSA) is 69.3 Å². The lowest BCUT2D eigenvalue weighted by atomic mass is 10.1. The Bertz CT molecular complexity index is 1270.